The topological polar surface area (TPSA) is 98.5 Å². The van der Waals surface area contributed by atoms with Gasteiger partial charge < -0.3 is 10.1 Å². The first-order valence-electron chi connectivity index (χ1n) is 10.1. The highest BCUT2D eigenvalue weighted by molar-refractivity contribution is 6.01. The van der Waals surface area contributed by atoms with Crippen LogP contribution in [0.2, 0.25) is 0 Å². The number of nitro benzene ring substituents is 1. The van der Waals surface area contributed by atoms with Crippen LogP contribution in [-0.2, 0) is 14.9 Å². The lowest BCUT2D eigenvalue weighted by atomic mass is 9.49. The quantitative estimate of drug-likeness (QED) is 0.450. The summed E-state index contributed by atoms with van der Waals surface area (Å²) in [7, 11) is 1.38. The Hall–Kier alpha value is -2.44. The standard InChI is InChI=1S/C22H30N2O5/c1-20(2,3)23-15-11-14-13(10-16(15)24(27)28)17(25)12-18-21(14,4)8-7-9-22(18,5)19(26)29-6/h10-11,18,23H,7-9,12H2,1-6H3/t18-,21-,22-/m1/s1. The summed E-state index contributed by atoms with van der Waals surface area (Å²) in [5.41, 5.74) is -0.0650. The molecule has 7 nitrogen and oxygen atoms in total. The van der Waals surface area contributed by atoms with Gasteiger partial charge >= 0.3 is 5.97 Å². The van der Waals surface area contributed by atoms with Gasteiger partial charge in [-0.2, -0.15) is 0 Å². The molecule has 1 N–H and O–H groups in total. The second-order valence-corrected chi connectivity index (χ2v) is 9.91. The Morgan fingerprint density at radius 3 is 2.48 bits per heavy atom. The van der Waals surface area contributed by atoms with E-state index in [1.165, 1.54) is 13.2 Å². The number of methoxy groups -OCH3 is 1. The first-order valence-corrected chi connectivity index (χ1v) is 10.1. The summed E-state index contributed by atoms with van der Waals surface area (Å²) in [5.74, 6) is -0.648. The number of nitrogens with one attached hydrogen (secondary N) is 1. The number of carbonyl (C=O) groups excluding carboxylic acids is 2. The lowest BCUT2D eigenvalue weighted by molar-refractivity contribution is -0.384. The summed E-state index contributed by atoms with van der Waals surface area (Å²) in [4.78, 5) is 37.0. The van der Waals surface area contributed by atoms with E-state index < -0.39 is 15.8 Å². The molecule has 3 atom stereocenters. The van der Waals surface area contributed by atoms with Gasteiger partial charge in [0, 0.05) is 23.6 Å². The Bertz CT molecular complexity index is 888. The van der Waals surface area contributed by atoms with Crippen LogP contribution < -0.4 is 5.32 Å². The molecule has 2 aliphatic carbocycles. The van der Waals surface area contributed by atoms with E-state index in [2.05, 4.69) is 12.2 Å². The van der Waals surface area contributed by atoms with Crippen LogP contribution >= 0.6 is 0 Å². The van der Waals surface area contributed by atoms with Gasteiger partial charge in [-0.3, -0.25) is 19.7 Å². The van der Waals surface area contributed by atoms with Crippen molar-refractivity contribution in [3.63, 3.8) is 0 Å². The van der Waals surface area contributed by atoms with Crippen molar-refractivity contribution in [3.05, 3.63) is 33.4 Å². The van der Waals surface area contributed by atoms with Gasteiger partial charge in [-0.25, -0.2) is 0 Å². The van der Waals surface area contributed by atoms with Crippen LogP contribution in [0.4, 0.5) is 11.4 Å². The molecule has 0 radical (unpaired) electrons. The second kappa shape index (κ2) is 6.82. The van der Waals surface area contributed by atoms with E-state index in [9.17, 15) is 19.7 Å². The van der Waals surface area contributed by atoms with Crippen LogP contribution in [0.5, 0.6) is 0 Å². The van der Waals surface area contributed by atoms with Crippen molar-refractivity contribution >= 4 is 23.1 Å². The summed E-state index contributed by atoms with van der Waals surface area (Å²) in [6.45, 7) is 9.76. The van der Waals surface area contributed by atoms with Crippen LogP contribution in [0, 0.1) is 21.4 Å². The van der Waals surface area contributed by atoms with Gasteiger partial charge in [0.25, 0.3) is 5.69 Å². The molecule has 1 saturated carbocycles. The maximum absolute atomic E-state index is 13.1. The zero-order valence-electron chi connectivity index (χ0n) is 18.0. The third-order valence-corrected chi connectivity index (χ3v) is 6.73. The van der Waals surface area contributed by atoms with Crippen LogP contribution in [0.1, 0.15) is 76.2 Å². The van der Waals surface area contributed by atoms with E-state index in [0.717, 1.165) is 18.4 Å². The molecule has 0 aliphatic heterocycles. The van der Waals surface area contributed by atoms with E-state index in [0.29, 0.717) is 17.7 Å². The maximum Gasteiger partial charge on any atom is 0.311 e. The first-order chi connectivity index (χ1) is 13.3. The van der Waals surface area contributed by atoms with Gasteiger partial charge in [-0.1, -0.05) is 13.3 Å². The average Bonchev–Trinajstić information content (AvgIpc) is 2.61. The molecule has 2 aliphatic rings. The number of ether oxygens (including phenoxy) is 1. The van der Waals surface area contributed by atoms with Crippen molar-refractivity contribution in [1.82, 2.24) is 0 Å². The fourth-order valence-corrected chi connectivity index (χ4v) is 5.37. The summed E-state index contributed by atoms with van der Waals surface area (Å²) in [5, 5.41) is 14.9. The highest BCUT2D eigenvalue weighted by Gasteiger charge is 2.57. The lowest BCUT2D eigenvalue weighted by Crippen LogP contribution is -2.53. The minimum atomic E-state index is -0.755. The van der Waals surface area contributed by atoms with Crippen LogP contribution in [0.3, 0.4) is 0 Å². The third kappa shape index (κ3) is 3.40. The monoisotopic (exact) mass is 402 g/mol. The Morgan fingerprint density at radius 2 is 1.93 bits per heavy atom. The van der Waals surface area contributed by atoms with Crippen molar-refractivity contribution in [2.75, 3.05) is 12.4 Å². The molecule has 1 aromatic rings. The van der Waals surface area contributed by atoms with Gasteiger partial charge in [0.15, 0.2) is 5.78 Å². The number of hydrogen-bond donors (Lipinski definition) is 1. The van der Waals surface area contributed by atoms with Gasteiger partial charge in [-0.05, 0) is 63.5 Å². The van der Waals surface area contributed by atoms with E-state index in [1.807, 2.05) is 27.7 Å². The molecule has 0 heterocycles. The predicted octanol–water partition coefficient (Wildman–Crippen LogP) is 4.63. The summed E-state index contributed by atoms with van der Waals surface area (Å²) < 4.78 is 5.10. The molecule has 7 heteroatoms. The Balaban J connectivity index is 2.22. The van der Waals surface area contributed by atoms with Crippen LogP contribution in [0.25, 0.3) is 0 Å². The Morgan fingerprint density at radius 1 is 1.28 bits per heavy atom. The van der Waals surface area contributed by atoms with Gasteiger partial charge in [-0.15, -0.1) is 0 Å². The molecule has 0 saturated heterocycles. The van der Waals surface area contributed by atoms with E-state index in [4.69, 9.17) is 4.74 Å². The van der Waals surface area contributed by atoms with Gasteiger partial charge in [0.05, 0.1) is 17.4 Å². The van der Waals surface area contributed by atoms with Crippen LogP contribution in [0.15, 0.2) is 12.1 Å². The number of esters is 1. The van der Waals surface area contributed by atoms with E-state index in [1.54, 1.807) is 6.07 Å². The van der Waals surface area contributed by atoms with Crippen molar-refractivity contribution in [3.8, 4) is 0 Å². The number of benzene rings is 1. The highest BCUT2D eigenvalue weighted by atomic mass is 16.6. The minimum Gasteiger partial charge on any atom is -0.469 e. The number of anilines is 1. The number of Topliss-reactive ketones (excluding diaryl/α,β-unsaturated/α-hetero) is 1. The second-order valence-electron chi connectivity index (χ2n) is 9.91. The predicted molar refractivity (Wildman–Crippen MR) is 110 cm³/mol. The van der Waals surface area contributed by atoms with Crippen LogP contribution in [-0.4, -0.2) is 29.3 Å². The smallest absolute Gasteiger partial charge is 0.311 e. The SMILES string of the molecule is COC(=O)[C@]1(C)CCC[C@]2(C)c3cc(NC(C)(C)C)c([N+](=O)[O-])cc3C(=O)C[C@@H]12. The number of fused-ring (bicyclic) bond motifs is 3. The lowest BCUT2D eigenvalue weighted by Gasteiger charge is -2.53. The largest absolute Gasteiger partial charge is 0.469 e. The number of hydrogen-bond acceptors (Lipinski definition) is 6. The summed E-state index contributed by atoms with van der Waals surface area (Å²) in [6, 6.07) is 3.18. The summed E-state index contributed by atoms with van der Waals surface area (Å²) >= 11 is 0. The fraction of sp³-hybridized carbons (Fsp3) is 0.636. The van der Waals surface area contributed by atoms with E-state index >= 15 is 0 Å². The molecule has 158 valence electrons. The molecule has 0 aromatic heterocycles. The number of rotatable bonds is 3. The van der Waals surface area contributed by atoms with Crippen molar-refractivity contribution < 1.29 is 19.2 Å². The zero-order valence-corrected chi connectivity index (χ0v) is 18.0. The molecule has 0 spiro atoms. The number of nitro groups is 1. The Labute approximate surface area is 171 Å². The molecule has 3 rings (SSSR count). The number of ketones is 1. The minimum absolute atomic E-state index is 0.0967. The van der Waals surface area contributed by atoms with Gasteiger partial charge in [0.2, 0.25) is 0 Å². The normalized spacial score (nSPS) is 28.9. The average molecular weight is 402 g/mol. The first kappa shape index (κ1) is 21.3. The Kier molecular flexibility index (Phi) is 5.00. The van der Waals surface area contributed by atoms with Crippen molar-refractivity contribution in [1.29, 1.82) is 0 Å². The zero-order chi connectivity index (χ0) is 21.8. The van der Waals surface area contributed by atoms with Crippen molar-refractivity contribution in [2.45, 2.75) is 71.3 Å². The fourth-order valence-electron chi connectivity index (χ4n) is 5.37. The maximum atomic E-state index is 13.1. The number of carbonyl (C=O) groups is 2. The van der Waals surface area contributed by atoms with Crippen molar-refractivity contribution in [2.24, 2.45) is 11.3 Å². The summed E-state index contributed by atoms with van der Waals surface area (Å²) in [6.07, 6.45) is 2.50. The molecule has 29 heavy (non-hydrogen) atoms. The molecule has 0 unspecified atom stereocenters. The molecular weight excluding hydrogens is 372 g/mol. The molecule has 1 fully saturated rings. The van der Waals surface area contributed by atoms with Gasteiger partial charge in [0.1, 0.15) is 5.69 Å². The number of nitrogens with zero attached hydrogens (tertiary/aromatic N) is 1. The molecular formula is C22H30N2O5. The van der Waals surface area contributed by atoms with E-state index in [-0.39, 0.29) is 35.3 Å². The third-order valence-electron chi connectivity index (χ3n) is 6.73. The molecule has 0 bridgehead atoms. The highest BCUT2D eigenvalue weighted by Crippen LogP contribution is 2.58. The molecule has 0 amide bonds. The molecule has 1 aromatic carbocycles.